The lowest BCUT2D eigenvalue weighted by atomic mass is 10.0. The van der Waals surface area contributed by atoms with Gasteiger partial charge in [0, 0.05) is 12.4 Å². The first-order valence-electron chi connectivity index (χ1n) is 11.3. The van der Waals surface area contributed by atoms with Crippen molar-refractivity contribution in [1.29, 1.82) is 0 Å². The van der Waals surface area contributed by atoms with Crippen molar-refractivity contribution in [3.05, 3.63) is 104 Å². The normalized spacial score (nSPS) is 11.4. The highest BCUT2D eigenvalue weighted by molar-refractivity contribution is 9.10. The first-order valence-corrected chi connectivity index (χ1v) is 12.8. The monoisotopic (exact) mass is 622 g/mol. The van der Waals surface area contributed by atoms with Crippen molar-refractivity contribution >= 4 is 55.7 Å². The van der Waals surface area contributed by atoms with Gasteiger partial charge < -0.3 is 19.7 Å². The minimum atomic E-state index is 0.0919. The van der Waals surface area contributed by atoms with Crippen molar-refractivity contribution in [3.8, 4) is 23.0 Å². The molecule has 0 heterocycles. The van der Waals surface area contributed by atoms with Gasteiger partial charge in [-0.05, 0) is 121 Å². The summed E-state index contributed by atoms with van der Waals surface area (Å²) in [6.45, 7) is 0. The number of aromatic hydroxyl groups is 2. The SMILES string of the molecule is COc1ccc(C=Nc2cc(Cc3ccc(O)c(N=Cc4ccc(OC)c(Br)c4)c3)ccc2O)cc1Br. The quantitative estimate of drug-likeness (QED) is 0.197. The first-order chi connectivity index (χ1) is 17.9. The van der Waals surface area contributed by atoms with Crippen molar-refractivity contribution < 1.29 is 19.7 Å². The standard InChI is InChI=1S/C29H24Br2N2O4/c1-36-28-9-5-20(12-22(28)30)16-32-24-14-18(3-7-26(24)34)11-19-4-8-27(35)25(15-19)33-17-21-6-10-29(37-2)23(31)13-21/h3-10,12-17,34-35H,11H2,1-2H3. The summed E-state index contributed by atoms with van der Waals surface area (Å²) in [5.74, 6) is 1.65. The Balaban J connectivity index is 1.52. The van der Waals surface area contributed by atoms with Crippen LogP contribution in [0, 0.1) is 0 Å². The van der Waals surface area contributed by atoms with Crippen LogP contribution in [0.5, 0.6) is 23.0 Å². The fourth-order valence-corrected chi connectivity index (χ4v) is 4.73. The van der Waals surface area contributed by atoms with E-state index in [1.165, 1.54) is 0 Å². The zero-order chi connectivity index (χ0) is 26.4. The van der Waals surface area contributed by atoms with Crippen LogP contribution < -0.4 is 9.47 Å². The van der Waals surface area contributed by atoms with Crippen molar-refractivity contribution in [1.82, 2.24) is 0 Å². The Morgan fingerprint density at radius 3 is 1.46 bits per heavy atom. The van der Waals surface area contributed by atoms with Crippen molar-refractivity contribution in [2.45, 2.75) is 6.42 Å². The van der Waals surface area contributed by atoms with E-state index in [2.05, 4.69) is 41.8 Å². The smallest absolute Gasteiger partial charge is 0.141 e. The summed E-state index contributed by atoms with van der Waals surface area (Å²) in [5.41, 5.74) is 4.57. The summed E-state index contributed by atoms with van der Waals surface area (Å²) >= 11 is 6.94. The van der Waals surface area contributed by atoms with Crippen LogP contribution in [0.3, 0.4) is 0 Å². The predicted molar refractivity (Wildman–Crippen MR) is 155 cm³/mol. The third kappa shape index (κ3) is 6.78. The molecule has 6 nitrogen and oxygen atoms in total. The van der Waals surface area contributed by atoms with Crippen LogP contribution in [0.4, 0.5) is 11.4 Å². The highest BCUT2D eigenvalue weighted by Crippen LogP contribution is 2.32. The zero-order valence-corrected chi connectivity index (χ0v) is 23.3. The van der Waals surface area contributed by atoms with Crippen molar-refractivity contribution in [2.24, 2.45) is 9.98 Å². The molecule has 8 heteroatoms. The van der Waals surface area contributed by atoms with Gasteiger partial charge >= 0.3 is 0 Å². The number of aliphatic imine (C=N–C) groups is 2. The fourth-order valence-electron chi connectivity index (χ4n) is 3.61. The molecule has 0 aromatic heterocycles. The molecule has 0 unspecified atom stereocenters. The lowest BCUT2D eigenvalue weighted by Gasteiger charge is -2.07. The van der Waals surface area contributed by atoms with Crippen molar-refractivity contribution in [3.63, 3.8) is 0 Å². The molecule has 0 spiro atoms. The third-order valence-corrected chi connectivity index (χ3v) is 6.78. The number of phenolic OH excluding ortho intramolecular Hbond substituents is 2. The average molecular weight is 624 g/mol. The van der Waals surface area contributed by atoms with E-state index in [0.29, 0.717) is 17.8 Å². The maximum Gasteiger partial charge on any atom is 0.141 e. The molecule has 0 saturated heterocycles. The van der Waals surface area contributed by atoms with Gasteiger partial charge in [0.15, 0.2) is 0 Å². The van der Waals surface area contributed by atoms with Crippen LogP contribution in [0.15, 0.2) is 91.7 Å². The molecule has 0 radical (unpaired) electrons. The van der Waals surface area contributed by atoms with Gasteiger partial charge in [0.05, 0.1) is 23.2 Å². The molecular weight excluding hydrogens is 600 g/mol. The fraction of sp³-hybridized carbons (Fsp3) is 0.103. The van der Waals surface area contributed by atoms with Crippen LogP contribution in [0.25, 0.3) is 0 Å². The predicted octanol–water partition coefficient (Wildman–Crippen LogP) is 7.73. The van der Waals surface area contributed by atoms with E-state index < -0.39 is 0 Å². The number of methoxy groups -OCH3 is 2. The lowest BCUT2D eigenvalue weighted by molar-refractivity contribution is 0.412. The summed E-state index contributed by atoms with van der Waals surface area (Å²) < 4.78 is 12.2. The summed E-state index contributed by atoms with van der Waals surface area (Å²) in [6, 6.07) is 21.9. The largest absolute Gasteiger partial charge is 0.506 e. The summed E-state index contributed by atoms with van der Waals surface area (Å²) in [7, 11) is 3.22. The molecule has 0 aliphatic carbocycles. The highest BCUT2D eigenvalue weighted by Gasteiger charge is 2.07. The summed E-state index contributed by atoms with van der Waals surface area (Å²) in [5, 5.41) is 20.6. The summed E-state index contributed by atoms with van der Waals surface area (Å²) in [4.78, 5) is 8.95. The Kier molecular flexibility index (Phi) is 8.63. The molecule has 2 N–H and O–H groups in total. The summed E-state index contributed by atoms with van der Waals surface area (Å²) in [6.07, 6.45) is 3.95. The van der Waals surface area contributed by atoms with Gasteiger partial charge in [0.1, 0.15) is 34.4 Å². The Hall–Kier alpha value is -3.62. The van der Waals surface area contributed by atoms with Crippen LogP contribution in [-0.2, 0) is 6.42 Å². The Labute approximate surface area is 232 Å². The molecule has 0 bridgehead atoms. The van der Waals surface area contributed by atoms with Gasteiger partial charge in [0.2, 0.25) is 0 Å². The second-order valence-corrected chi connectivity index (χ2v) is 9.84. The molecule has 0 fully saturated rings. The van der Waals surface area contributed by atoms with E-state index >= 15 is 0 Å². The van der Waals surface area contributed by atoms with E-state index in [1.807, 2.05) is 60.7 Å². The average Bonchev–Trinajstić information content (AvgIpc) is 2.89. The molecule has 0 aliphatic heterocycles. The van der Waals surface area contributed by atoms with E-state index in [4.69, 9.17) is 9.47 Å². The maximum atomic E-state index is 10.3. The molecule has 0 aliphatic rings. The van der Waals surface area contributed by atoms with E-state index in [1.54, 1.807) is 38.8 Å². The van der Waals surface area contributed by atoms with Crippen LogP contribution in [-0.4, -0.2) is 36.9 Å². The molecule has 0 atom stereocenters. The maximum absolute atomic E-state index is 10.3. The highest BCUT2D eigenvalue weighted by atomic mass is 79.9. The van der Waals surface area contributed by atoms with Gasteiger partial charge in [-0.25, -0.2) is 0 Å². The third-order valence-electron chi connectivity index (χ3n) is 5.55. The number of phenols is 2. The number of halogens is 2. The van der Waals surface area contributed by atoms with Gasteiger partial charge in [-0.2, -0.15) is 0 Å². The van der Waals surface area contributed by atoms with Crippen LogP contribution in [0.2, 0.25) is 0 Å². The minimum Gasteiger partial charge on any atom is -0.506 e. The molecule has 0 saturated carbocycles. The Bertz CT molecular complexity index is 1370. The first kappa shape index (κ1) is 26.4. The second-order valence-electron chi connectivity index (χ2n) is 8.13. The van der Waals surface area contributed by atoms with Gasteiger partial charge in [-0.15, -0.1) is 0 Å². The number of nitrogens with zero attached hydrogens (tertiary/aromatic N) is 2. The topological polar surface area (TPSA) is 83.6 Å². The van der Waals surface area contributed by atoms with Crippen molar-refractivity contribution in [2.75, 3.05) is 14.2 Å². The number of benzene rings is 4. The molecule has 4 rings (SSSR count). The van der Waals surface area contributed by atoms with Gasteiger partial charge in [0.25, 0.3) is 0 Å². The molecule has 0 amide bonds. The molecule has 37 heavy (non-hydrogen) atoms. The van der Waals surface area contributed by atoms with E-state index in [9.17, 15) is 10.2 Å². The number of hydrogen-bond donors (Lipinski definition) is 2. The number of rotatable bonds is 8. The second kappa shape index (κ2) is 12.1. The Morgan fingerprint density at radius 2 is 1.08 bits per heavy atom. The van der Waals surface area contributed by atoms with Crippen LogP contribution >= 0.6 is 31.9 Å². The van der Waals surface area contributed by atoms with E-state index in [0.717, 1.165) is 42.7 Å². The minimum absolute atomic E-state index is 0.0919. The molecule has 188 valence electrons. The van der Waals surface area contributed by atoms with Gasteiger partial charge in [-0.1, -0.05) is 12.1 Å². The van der Waals surface area contributed by atoms with E-state index in [-0.39, 0.29) is 11.5 Å². The van der Waals surface area contributed by atoms with Crippen LogP contribution in [0.1, 0.15) is 22.3 Å². The molecule has 4 aromatic carbocycles. The Morgan fingerprint density at radius 1 is 0.649 bits per heavy atom. The van der Waals surface area contributed by atoms with Gasteiger partial charge in [-0.3, -0.25) is 9.98 Å². The molecular formula is C29H24Br2N2O4. The lowest BCUT2D eigenvalue weighted by Crippen LogP contribution is -1.89. The zero-order valence-electron chi connectivity index (χ0n) is 20.2. The molecule has 4 aromatic rings. The number of ether oxygens (including phenoxy) is 2. The number of hydrogen-bond acceptors (Lipinski definition) is 6.